The van der Waals surface area contributed by atoms with Crippen molar-refractivity contribution in [1.29, 1.82) is 0 Å². The molecule has 3 atom stereocenters. The molecular weight excluding hydrogens is 618 g/mol. The third kappa shape index (κ3) is 5.57. The lowest BCUT2D eigenvalue weighted by Crippen LogP contribution is -2.37. The molecule has 1 amide bonds. The number of anilines is 1. The Kier molecular flexibility index (Phi) is 8.05. The minimum atomic E-state index is -0.701. The first kappa shape index (κ1) is 31.3. The second kappa shape index (κ2) is 12.1. The number of thiol groups is 1. The number of likely N-dealkylation sites (tertiary alicyclic amines) is 2. The lowest BCUT2D eigenvalue weighted by molar-refractivity contribution is -0.125. The van der Waals surface area contributed by atoms with E-state index in [1.165, 1.54) is 31.2 Å². The Balaban J connectivity index is 1.30. The van der Waals surface area contributed by atoms with E-state index in [9.17, 15) is 9.18 Å². The summed E-state index contributed by atoms with van der Waals surface area (Å²) in [6, 6.07) is 8.31. The molecule has 3 fully saturated rings. The van der Waals surface area contributed by atoms with Crippen molar-refractivity contribution >= 4 is 46.0 Å². The molecule has 47 heavy (non-hydrogen) atoms. The number of terminal acetylenes is 1. The third-order valence-electron chi connectivity index (χ3n) is 10.1. The van der Waals surface area contributed by atoms with Crippen molar-refractivity contribution in [3.63, 3.8) is 0 Å². The maximum atomic E-state index is 16.8. The zero-order chi connectivity index (χ0) is 33.0. The number of benzene rings is 2. The molecule has 2 saturated heterocycles. The van der Waals surface area contributed by atoms with Gasteiger partial charge in [0.05, 0.1) is 16.2 Å². The second-order valence-electron chi connectivity index (χ2n) is 13.1. The monoisotopic (exact) mass is 654 g/mol. The number of carbonyl (C=O) groups excluding carboxylic acids is 1. The Hall–Kier alpha value is -4.27. The summed E-state index contributed by atoms with van der Waals surface area (Å²) in [6.07, 6.45) is 12.8. The molecule has 2 aromatic heterocycles. The van der Waals surface area contributed by atoms with E-state index in [4.69, 9.17) is 28.8 Å². The molecule has 2 unspecified atom stereocenters. The number of ether oxygens (including phenoxy) is 1. The number of nitrogens with zero attached hydrogens (tertiary/aromatic N) is 6. The lowest BCUT2D eigenvalue weighted by atomic mass is 9.96. The Labute approximate surface area is 278 Å². The molecule has 1 spiro atoms. The highest BCUT2D eigenvalue weighted by Crippen LogP contribution is 2.55. The molecular formula is C36H36F2N6O2S. The van der Waals surface area contributed by atoms with E-state index < -0.39 is 11.6 Å². The van der Waals surface area contributed by atoms with E-state index in [1.807, 2.05) is 11.9 Å². The predicted octanol–water partition coefficient (Wildman–Crippen LogP) is 5.49. The Morgan fingerprint density at radius 1 is 1.30 bits per heavy atom. The summed E-state index contributed by atoms with van der Waals surface area (Å²) < 4.78 is 37.8. The molecule has 0 radical (unpaired) electrons. The van der Waals surface area contributed by atoms with E-state index in [0.717, 1.165) is 13.0 Å². The maximum absolute atomic E-state index is 16.8. The first-order chi connectivity index (χ1) is 22.6. The minimum absolute atomic E-state index is 0.0125. The van der Waals surface area contributed by atoms with Crippen LogP contribution < -0.4 is 9.64 Å². The Bertz CT molecular complexity index is 1960. The molecule has 2 aliphatic heterocycles. The fourth-order valence-corrected chi connectivity index (χ4v) is 7.75. The molecule has 4 aromatic rings. The van der Waals surface area contributed by atoms with Crippen LogP contribution in [0.2, 0.25) is 0 Å². The molecule has 1 saturated carbocycles. The summed E-state index contributed by atoms with van der Waals surface area (Å²) in [6.45, 7) is 5.93. The summed E-state index contributed by atoms with van der Waals surface area (Å²) in [4.78, 5) is 32.2. The van der Waals surface area contributed by atoms with E-state index >= 15 is 4.39 Å². The van der Waals surface area contributed by atoms with Gasteiger partial charge in [-0.05, 0) is 55.7 Å². The SMILES string of the molecule is C#Cc1c(F)ccc2cccc(-c3ncc4c(N(C)C5CCN(C(=O)C=C)C5)nc(OC[C@@H](S)C5CC6(CC6)CN5C)nc4c3F)c12. The van der Waals surface area contributed by atoms with Crippen molar-refractivity contribution in [1.82, 2.24) is 24.8 Å². The molecule has 3 aliphatic rings. The van der Waals surface area contributed by atoms with Crippen LogP contribution in [0, 0.1) is 29.4 Å². The van der Waals surface area contributed by atoms with E-state index in [0.29, 0.717) is 52.5 Å². The van der Waals surface area contributed by atoms with Crippen LogP contribution in [-0.2, 0) is 4.79 Å². The lowest BCUT2D eigenvalue weighted by Gasteiger charge is -2.28. The van der Waals surface area contributed by atoms with Crippen LogP contribution in [0.1, 0.15) is 31.2 Å². The van der Waals surface area contributed by atoms with Crippen LogP contribution in [0.5, 0.6) is 6.01 Å². The smallest absolute Gasteiger partial charge is 0.319 e. The summed E-state index contributed by atoms with van der Waals surface area (Å²) in [5, 5.41) is 1.34. The summed E-state index contributed by atoms with van der Waals surface area (Å²) in [5.74, 6) is 1.44. The standard InChI is InChI=1S/C36H36F2N6O2S/c1-5-23-26(37)11-10-21-8-7-9-24(30(21)23)32-31(38)33-25(17-39-32)34(43(4)22-12-15-44(18-22)29(45)6-2)41-35(40-33)46-19-28(47)27-16-36(13-14-36)20-42(27)3/h1,6-11,17,22,27-28,47H,2,12-16,18-20H2,3-4H3/t22?,27?,28-/m1/s1. The van der Waals surface area contributed by atoms with Gasteiger partial charge in [-0.2, -0.15) is 22.6 Å². The van der Waals surface area contributed by atoms with Crippen LogP contribution in [0.4, 0.5) is 14.6 Å². The van der Waals surface area contributed by atoms with Gasteiger partial charge in [-0.3, -0.25) is 9.78 Å². The van der Waals surface area contributed by atoms with Gasteiger partial charge in [0.2, 0.25) is 5.91 Å². The molecule has 8 nitrogen and oxygen atoms in total. The highest BCUT2D eigenvalue weighted by Gasteiger charge is 2.52. The first-order valence-electron chi connectivity index (χ1n) is 15.8. The average Bonchev–Trinajstić information content (AvgIpc) is 3.49. The van der Waals surface area contributed by atoms with Crippen molar-refractivity contribution < 1.29 is 18.3 Å². The highest BCUT2D eigenvalue weighted by molar-refractivity contribution is 7.81. The number of pyridine rings is 1. The molecule has 11 heteroatoms. The van der Waals surface area contributed by atoms with Gasteiger partial charge >= 0.3 is 6.01 Å². The van der Waals surface area contributed by atoms with Crippen molar-refractivity contribution in [2.24, 2.45) is 5.41 Å². The summed E-state index contributed by atoms with van der Waals surface area (Å²) in [5.41, 5.74) is 0.805. The van der Waals surface area contributed by atoms with Crippen molar-refractivity contribution in [3.8, 4) is 29.6 Å². The van der Waals surface area contributed by atoms with Gasteiger partial charge in [-0.1, -0.05) is 36.8 Å². The third-order valence-corrected chi connectivity index (χ3v) is 10.6. The number of carbonyl (C=O) groups is 1. The number of hydrogen-bond acceptors (Lipinski definition) is 8. The van der Waals surface area contributed by atoms with E-state index in [-0.39, 0.29) is 52.6 Å². The molecule has 0 bridgehead atoms. The Morgan fingerprint density at radius 2 is 2.11 bits per heavy atom. The predicted molar refractivity (Wildman–Crippen MR) is 183 cm³/mol. The fourth-order valence-electron chi connectivity index (χ4n) is 7.35. The van der Waals surface area contributed by atoms with Crippen molar-refractivity contribution in [3.05, 3.63) is 66.4 Å². The largest absolute Gasteiger partial charge is 0.462 e. The van der Waals surface area contributed by atoms with Gasteiger partial charge in [0, 0.05) is 55.9 Å². The zero-order valence-electron chi connectivity index (χ0n) is 26.4. The van der Waals surface area contributed by atoms with Gasteiger partial charge in [0.1, 0.15) is 29.5 Å². The van der Waals surface area contributed by atoms with Crippen LogP contribution >= 0.6 is 12.6 Å². The fraction of sp³-hybridized carbons (Fsp3) is 0.389. The number of rotatable bonds is 8. The molecule has 2 aromatic carbocycles. The van der Waals surface area contributed by atoms with Gasteiger partial charge in [-0.15, -0.1) is 6.42 Å². The average molecular weight is 655 g/mol. The quantitative estimate of drug-likeness (QED) is 0.153. The Morgan fingerprint density at radius 3 is 2.83 bits per heavy atom. The van der Waals surface area contributed by atoms with Gasteiger partial charge in [0.25, 0.3) is 0 Å². The summed E-state index contributed by atoms with van der Waals surface area (Å²) in [7, 11) is 3.98. The molecule has 7 rings (SSSR count). The number of amides is 1. The number of hydrogen-bond donors (Lipinski definition) is 1. The zero-order valence-corrected chi connectivity index (χ0v) is 27.3. The maximum Gasteiger partial charge on any atom is 0.319 e. The van der Waals surface area contributed by atoms with Crippen molar-refractivity contribution in [2.75, 3.05) is 45.2 Å². The van der Waals surface area contributed by atoms with Crippen LogP contribution in [-0.4, -0.2) is 88.3 Å². The highest BCUT2D eigenvalue weighted by atomic mass is 32.1. The van der Waals surface area contributed by atoms with Gasteiger partial charge in [0.15, 0.2) is 5.82 Å². The van der Waals surface area contributed by atoms with E-state index in [2.05, 4.69) is 34.4 Å². The number of fused-ring (bicyclic) bond motifs is 2. The molecule has 4 heterocycles. The molecule has 1 aliphatic carbocycles. The normalized spacial score (nSPS) is 20.9. The number of likely N-dealkylation sites (N-methyl/N-ethyl adjacent to an activating group) is 1. The van der Waals surface area contributed by atoms with Crippen LogP contribution in [0.15, 0.2) is 49.2 Å². The summed E-state index contributed by atoms with van der Waals surface area (Å²) >= 11 is 4.91. The van der Waals surface area contributed by atoms with Crippen LogP contribution in [0.25, 0.3) is 32.9 Å². The van der Waals surface area contributed by atoms with E-state index in [1.54, 1.807) is 29.2 Å². The molecule has 242 valence electrons. The van der Waals surface area contributed by atoms with Crippen molar-refractivity contribution in [2.45, 2.75) is 43.0 Å². The number of aromatic nitrogens is 3. The first-order valence-corrected chi connectivity index (χ1v) is 16.3. The van der Waals surface area contributed by atoms with Gasteiger partial charge in [-0.25, -0.2) is 8.78 Å². The topological polar surface area (TPSA) is 74.7 Å². The molecule has 0 N–H and O–H groups in total. The minimum Gasteiger partial charge on any atom is -0.462 e. The van der Waals surface area contributed by atoms with Gasteiger partial charge < -0.3 is 19.4 Å². The number of halogens is 2. The second-order valence-corrected chi connectivity index (χ2v) is 13.8. The van der Waals surface area contributed by atoms with Crippen LogP contribution in [0.3, 0.4) is 0 Å².